The molecule has 0 spiro atoms. The monoisotopic (exact) mass is 342 g/mol. The van der Waals surface area contributed by atoms with E-state index in [0.29, 0.717) is 27.1 Å². The Morgan fingerprint density at radius 3 is 2.74 bits per heavy atom. The van der Waals surface area contributed by atoms with Gasteiger partial charge in [-0.05, 0) is 58.9 Å². The van der Waals surface area contributed by atoms with E-state index >= 15 is 0 Å². The highest BCUT2D eigenvalue weighted by molar-refractivity contribution is 9.10. The van der Waals surface area contributed by atoms with Gasteiger partial charge in [0.1, 0.15) is 5.82 Å². The lowest BCUT2D eigenvalue weighted by Gasteiger charge is -2.20. The molecule has 1 heterocycles. The molecule has 2 nitrogen and oxygen atoms in total. The van der Waals surface area contributed by atoms with Crippen LogP contribution in [0, 0.1) is 22.4 Å². The van der Waals surface area contributed by atoms with Gasteiger partial charge in [-0.3, -0.25) is 0 Å². The number of benzene rings is 1. The Balaban J connectivity index is 2.21. The van der Waals surface area contributed by atoms with Crippen molar-refractivity contribution in [3.63, 3.8) is 0 Å². The molecule has 1 aromatic heterocycles. The molecule has 1 aliphatic carbocycles. The predicted octanol–water partition coefficient (Wildman–Crippen LogP) is 5.21. The van der Waals surface area contributed by atoms with Crippen LogP contribution in [0.2, 0.25) is 0 Å². The summed E-state index contributed by atoms with van der Waals surface area (Å²) in [6, 6.07) is 3.71. The van der Waals surface area contributed by atoms with Gasteiger partial charge >= 0.3 is 0 Å². The van der Waals surface area contributed by atoms with Crippen LogP contribution in [0.25, 0.3) is 11.0 Å². The van der Waals surface area contributed by atoms with Crippen LogP contribution in [0.3, 0.4) is 0 Å². The van der Waals surface area contributed by atoms with Crippen molar-refractivity contribution in [1.82, 2.24) is 9.55 Å². The van der Waals surface area contributed by atoms with Crippen molar-refractivity contribution in [1.29, 1.82) is 0 Å². The lowest BCUT2D eigenvalue weighted by Crippen LogP contribution is -2.14. The molecular formula is C14H16BrFN2S. The Morgan fingerprint density at radius 2 is 2.11 bits per heavy atom. The second kappa shape index (κ2) is 4.70. The minimum Gasteiger partial charge on any atom is -0.331 e. The van der Waals surface area contributed by atoms with Crippen molar-refractivity contribution in [3.8, 4) is 0 Å². The minimum atomic E-state index is -0.242. The maximum atomic E-state index is 13.8. The number of aromatic nitrogens is 2. The number of imidazole rings is 1. The quantitative estimate of drug-likeness (QED) is 0.705. The Hall–Kier alpha value is -0.680. The number of hydrogen-bond donors (Lipinski definition) is 1. The summed E-state index contributed by atoms with van der Waals surface area (Å²) in [4.78, 5) is 3.19. The first kappa shape index (κ1) is 13.3. The first-order valence-electron chi connectivity index (χ1n) is 6.58. The van der Waals surface area contributed by atoms with Gasteiger partial charge in [0, 0.05) is 12.1 Å². The van der Waals surface area contributed by atoms with Crippen molar-refractivity contribution < 1.29 is 4.39 Å². The number of rotatable bonds is 1. The van der Waals surface area contributed by atoms with E-state index in [2.05, 4.69) is 39.3 Å². The molecule has 0 amide bonds. The topological polar surface area (TPSA) is 20.7 Å². The molecule has 2 aromatic rings. The van der Waals surface area contributed by atoms with Crippen LogP contribution in [-0.4, -0.2) is 9.55 Å². The Kier molecular flexibility index (Phi) is 3.29. The normalized spacial score (nSPS) is 27.3. The third-order valence-corrected chi connectivity index (χ3v) is 5.42. The molecule has 0 radical (unpaired) electrons. The summed E-state index contributed by atoms with van der Waals surface area (Å²) in [7, 11) is 0. The zero-order chi connectivity index (χ0) is 13.7. The fraction of sp³-hybridized carbons (Fsp3) is 0.500. The largest absolute Gasteiger partial charge is 0.331 e. The van der Waals surface area contributed by atoms with E-state index in [0.717, 1.165) is 17.5 Å². The van der Waals surface area contributed by atoms with Gasteiger partial charge in [0.2, 0.25) is 0 Å². The first-order chi connectivity index (χ1) is 8.99. The molecule has 102 valence electrons. The number of aromatic amines is 1. The highest BCUT2D eigenvalue weighted by Gasteiger charge is 2.32. The molecule has 1 saturated carbocycles. The zero-order valence-corrected chi connectivity index (χ0v) is 13.3. The van der Waals surface area contributed by atoms with Crippen molar-refractivity contribution in [2.45, 2.75) is 32.7 Å². The van der Waals surface area contributed by atoms with Gasteiger partial charge in [0.15, 0.2) is 4.77 Å². The van der Waals surface area contributed by atoms with E-state index < -0.39 is 0 Å². The number of hydrogen-bond acceptors (Lipinski definition) is 1. The van der Waals surface area contributed by atoms with Gasteiger partial charge in [-0.25, -0.2) is 4.39 Å². The molecule has 0 aliphatic heterocycles. The number of halogens is 2. The van der Waals surface area contributed by atoms with Crippen LogP contribution in [0.15, 0.2) is 16.6 Å². The second-order valence-corrected chi connectivity index (χ2v) is 6.81. The molecule has 19 heavy (non-hydrogen) atoms. The fourth-order valence-corrected chi connectivity index (χ4v) is 3.84. The number of fused-ring (bicyclic) bond motifs is 1. The summed E-state index contributed by atoms with van der Waals surface area (Å²) in [5.41, 5.74) is 1.77. The number of nitrogens with one attached hydrogen (secondary N) is 1. The van der Waals surface area contributed by atoms with Gasteiger partial charge in [-0.1, -0.05) is 13.8 Å². The van der Waals surface area contributed by atoms with Gasteiger partial charge in [-0.15, -0.1) is 0 Å². The lowest BCUT2D eigenvalue weighted by molar-refractivity contribution is 0.356. The van der Waals surface area contributed by atoms with Gasteiger partial charge < -0.3 is 9.55 Å². The smallest absolute Gasteiger partial charge is 0.178 e. The van der Waals surface area contributed by atoms with E-state index in [1.165, 1.54) is 6.42 Å². The van der Waals surface area contributed by atoms with Gasteiger partial charge in [0.25, 0.3) is 0 Å². The van der Waals surface area contributed by atoms with Crippen molar-refractivity contribution in [3.05, 3.63) is 27.2 Å². The van der Waals surface area contributed by atoms with Crippen LogP contribution >= 0.6 is 28.1 Å². The summed E-state index contributed by atoms with van der Waals surface area (Å²) >= 11 is 8.65. The van der Waals surface area contributed by atoms with Crippen LogP contribution in [0.4, 0.5) is 4.39 Å². The Labute approximate surface area is 125 Å². The van der Waals surface area contributed by atoms with Gasteiger partial charge in [0.05, 0.1) is 15.5 Å². The highest BCUT2D eigenvalue weighted by Crippen LogP contribution is 2.41. The molecule has 3 rings (SSSR count). The van der Waals surface area contributed by atoms with E-state index in [1.54, 1.807) is 12.1 Å². The molecule has 3 atom stereocenters. The number of nitrogens with zero attached hydrogens (tertiary/aromatic N) is 1. The van der Waals surface area contributed by atoms with E-state index in [4.69, 9.17) is 12.2 Å². The minimum absolute atomic E-state index is 0.242. The van der Waals surface area contributed by atoms with Crippen LogP contribution in [-0.2, 0) is 0 Å². The van der Waals surface area contributed by atoms with E-state index in [9.17, 15) is 4.39 Å². The van der Waals surface area contributed by atoms with Crippen LogP contribution in [0.5, 0.6) is 0 Å². The highest BCUT2D eigenvalue weighted by atomic mass is 79.9. The van der Waals surface area contributed by atoms with Crippen molar-refractivity contribution in [2.75, 3.05) is 0 Å². The molecule has 3 unspecified atom stereocenters. The molecule has 0 saturated heterocycles. The van der Waals surface area contributed by atoms with Crippen LogP contribution < -0.4 is 0 Å². The van der Waals surface area contributed by atoms with Crippen molar-refractivity contribution in [2.24, 2.45) is 11.8 Å². The standard InChI is InChI=1S/C14H16BrFN2S/c1-7-3-4-12(8(7)2)18-13-6-10(16)9(15)5-11(13)17-14(18)19/h5-8,12H,3-4H2,1-2H3,(H,17,19). The van der Waals surface area contributed by atoms with Crippen LogP contribution in [0.1, 0.15) is 32.7 Å². The average Bonchev–Trinajstić information content (AvgIpc) is 2.82. The molecule has 1 aliphatic rings. The summed E-state index contributed by atoms with van der Waals surface area (Å²) < 4.78 is 17.1. The molecule has 1 N–H and O–H groups in total. The fourth-order valence-electron chi connectivity index (χ4n) is 3.15. The third kappa shape index (κ3) is 2.07. The summed E-state index contributed by atoms with van der Waals surface area (Å²) in [6.07, 6.45) is 2.32. The Morgan fingerprint density at radius 1 is 1.37 bits per heavy atom. The first-order valence-corrected chi connectivity index (χ1v) is 7.78. The summed E-state index contributed by atoms with van der Waals surface area (Å²) in [5, 5.41) is 0. The maximum absolute atomic E-state index is 13.8. The SMILES string of the molecule is CC1CCC(n2c(=S)[nH]c3cc(Br)c(F)cc32)C1C. The van der Waals surface area contributed by atoms with Gasteiger partial charge in [-0.2, -0.15) is 0 Å². The molecule has 1 aromatic carbocycles. The molecule has 5 heteroatoms. The third-order valence-electron chi connectivity index (χ3n) is 4.51. The molecule has 0 bridgehead atoms. The second-order valence-electron chi connectivity index (χ2n) is 5.56. The van der Waals surface area contributed by atoms with Crippen molar-refractivity contribution >= 4 is 39.2 Å². The van der Waals surface area contributed by atoms with E-state index in [-0.39, 0.29) is 5.82 Å². The summed E-state index contributed by atoms with van der Waals surface area (Å²) in [5.74, 6) is 1.02. The Bertz CT molecular complexity index is 691. The number of H-pyrrole nitrogens is 1. The summed E-state index contributed by atoms with van der Waals surface area (Å²) in [6.45, 7) is 4.54. The molecule has 1 fully saturated rings. The van der Waals surface area contributed by atoms with E-state index in [1.807, 2.05) is 0 Å². The zero-order valence-electron chi connectivity index (χ0n) is 10.9. The maximum Gasteiger partial charge on any atom is 0.178 e. The average molecular weight is 343 g/mol. The predicted molar refractivity (Wildman–Crippen MR) is 81.4 cm³/mol. The molecular weight excluding hydrogens is 327 g/mol. The lowest BCUT2D eigenvalue weighted by atomic mass is 9.97.